The number of nitro groups is 2. The van der Waals surface area contributed by atoms with Crippen molar-refractivity contribution in [1.82, 2.24) is 19.6 Å². The summed E-state index contributed by atoms with van der Waals surface area (Å²) in [5.41, 5.74) is 4.27. The molecule has 0 radical (unpaired) electrons. The van der Waals surface area contributed by atoms with Crippen molar-refractivity contribution >= 4 is 11.4 Å². The molecule has 0 fully saturated rings. The van der Waals surface area contributed by atoms with Gasteiger partial charge in [-0.2, -0.15) is 20.7 Å². The first-order valence-electron chi connectivity index (χ1n) is 11.7. The van der Waals surface area contributed by atoms with Crippen LogP contribution in [-0.4, -0.2) is 29.4 Å². The fourth-order valence-corrected chi connectivity index (χ4v) is 3.72. The van der Waals surface area contributed by atoms with Crippen molar-refractivity contribution in [2.24, 2.45) is 0 Å². The first kappa shape index (κ1) is 27.2. The molecule has 0 atom stereocenters. The Bertz CT molecular complexity index is 1490. The van der Waals surface area contributed by atoms with Crippen molar-refractivity contribution in [1.29, 1.82) is 10.5 Å². The van der Waals surface area contributed by atoms with E-state index in [-0.39, 0.29) is 11.4 Å². The zero-order valence-electron chi connectivity index (χ0n) is 20.8. The zero-order chi connectivity index (χ0) is 27.7. The highest BCUT2D eigenvalue weighted by Crippen LogP contribution is 2.20. The third kappa shape index (κ3) is 6.65. The molecule has 0 aliphatic rings. The molecule has 4 aromatic rings. The number of aromatic nitrogens is 4. The van der Waals surface area contributed by atoms with Gasteiger partial charge >= 0.3 is 11.4 Å². The molecule has 0 amide bonds. The fourth-order valence-electron chi connectivity index (χ4n) is 3.72. The summed E-state index contributed by atoms with van der Waals surface area (Å²) in [6, 6.07) is 18.3. The minimum absolute atomic E-state index is 0.0520. The van der Waals surface area contributed by atoms with E-state index in [1.165, 1.54) is 12.4 Å². The average Bonchev–Trinajstić information content (AvgIpc) is 3.53. The predicted octanol–water partition coefficient (Wildman–Crippen LogP) is 4.55. The third-order valence-corrected chi connectivity index (χ3v) is 5.65. The number of hydrogen-bond donors (Lipinski definition) is 0. The van der Waals surface area contributed by atoms with E-state index in [2.05, 4.69) is 10.2 Å². The van der Waals surface area contributed by atoms with Crippen molar-refractivity contribution in [3.63, 3.8) is 0 Å². The lowest BCUT2D eigenvalue weighted by Crippen LogP contribution is -2.06. The van der Waals surface area contributed by atoms with Gasteiger partial charge in [0.15, 0.2) is 0 Å². The Kier molecular flexibility index (Phi) is 9.00. The Labute approximate surface area is 218 Å². The standard InChI is InChI=1S/2C13H12N4O2/c1-2-12-13(17(18)19)8-15-16(12)9-11-5-3-10(7-14)4-6-11;1-2-12-13(17(18)19)9-16(15-12)8-11-5-3-10(7-14)4-6-11/h3-6,8H,2,9H2,1H3;3-6,9H,2,8H2,1H3. The molecule has 0 aliphatic heterocycles. The summed E-state index contributed by atoms with van der Waals surface area (Å²) in [5.74, 6) is 0. The number of benzene rings is 2. The van der Waals surface area contributed by atoms with Gasteiger partial charge in [0, 0.05) is 0 Å². The van der Waals surface area contributed by atoms with Crippen LogP contribution in [-0.2, 0) is 25.9 Å². The number of nitrogens with zero attached hydrogens (tertiary/aromatic N) is 8. The Morgan fingerprint density at radius 2 is 1.34 bits per heavy atom. The Balaban J connectivity index is 0.000000211. The van der Waals surface area contributed by atoms with E-state index >= 15 is 0 Å². The molecule has 0 saturated heterocycles. The molecule has 0 saturated carbocycles. The van der Waals surface area contributed by atoms with Crippen LogP contribution in [0.25, 0.3) is 0 Å². The van der Waals surface area contributed by atoms with Crippen molar-refractivity contribution in [2.75, 3.05) is 0 Å². The normalized spacial score (nSPS) is 10.1. The summed E-state index contributed by atoms with van der Waals surface area (Å²) in [6.07, 6.45) is 3.79. The van der Waals surface area contributed by atoms with Crippen molar-refractivity contribution in [3.05, 3.63) is 115 Å². The van der Waals surface area contributed by atoms with Gasteiger partial charge in [0.2, 0.25) is 0 Å². The Hall–Kier alpha value is -5.36. The smallest absolute Gasteiger partial charge is 0.261 e. The van der Waals surface area contributed by atoms with Crippen LogP contribution in [0.5, 0.6) is 0 Å². The lowest BCUT2D eigenvalue weighted by molar-refractivity contribution is -0.385. The second-order valence-electron chi connectivity index (χ2n) is 8.13. The molecule has 2 aromatic heterocycles. The maximum atomic E-state index is 10.8. The topological polar surface area (TPSA) is 169 Å². The molecule has 192 valence electrons. The van der Waals surface area contributed by atoms with Crippen LogP contribution in [0.15, 0.2) is 60.9 Å². The van der Waals surface area contributed by atoms with E-state index in [9.17, 15) is 20.2 Å². The SMILES string of the molecule is CCc1c([N+](=O)[O-])cnn1Cc1ccc(C#N)cc1.CCc1nn(Cc2ccc(C#N)cc2)cc1[N+](=O)[O-]. The van der Waals surface area contributed by atoms with Crippen molar-refractivity contribution in [2.45, 2.75) is 39.8 Å². The van der Waals surface area contributed by atoms with Gasteiger partial charge in [-0.15, -0.1) is 0 Å². The number of aryl methyl sites for hydroxylation is 1. The van der Waals surface area contributed by atoms with Crippen LogP contribution in [0, 0.1) is 42.9 Å². The third-order valence-electron chi connectivity index (χ3n) is 5.65. The molecule has 0 bridgehead atoms. The van der Waals surface area contributed by atoms with Crippen LogP contribution in [0.4, 0.5) is 11.4 Å². The number of rotatable bonds is 8. The van der Waals surface area contributed by atoms with E-state index in [1.807, 2.05) is 50.3 Å². The van der Waals surface area contributed by atoms with E-state index in [1.54, 1.807) is 33.6 Å². The zero-order valence-corrected chi connectivity index (χ0v) is 20.8. The highest BCUT2D eigenvalue weighted by molar-refractivity contribution is 5.36. The molecule has 12 heteroatoms. The van der Waals surface area contributed by atoms with Gasteiger partial charge in [0.05, 0.1) is 46.2 Å². The second kappa shape index (κ2) is 12.6. The van der Waals surface area contributed by atoms with Crippen molar-refractivity contribution in [3.8, 4) is 12.1 Å². The summed E-state index contributed by atoms with van der Waals surface area (Å²) in [5, 5.41) is 47.4. The maximum absolute atomic E-state index is 10.8. The van der Waals surface area contributed by atoms with Crippen molar-refractivity contribution < 1.29 is 9.85 Å². The molecule has 4 rings (SSSR count). The van der Waals surface area contributed by atoms with Gasteiger partial charge in [-0.25, -0.2) is 0 Å². The molecule has 38 heavy (non-hydrogen) atoms. The molecular weight excluding hydrogens is 488 g/mol. The van der Waals surface area contributed by atoms with Gasteiger partial charge in [0.1, 0.15) is 23.8 Å². The highest BCUT2D eigenvalue weighted by atomic mass is 16.6. The highest BCUT2D eigenvalue weighted by Gasteiger charge is 2.19. The van der Waals surface area contributed by atoms with Gasteiger partial charge < -0.3 is 0 Å². The summed E-state index contributed by atoms with van der Waals surface area (Å²) in [6.45, 7) is 4.61. The number of hydrogen-bond acceptors (Lipinski definition) is 8. The van der Waals surface area contributed by atoms with Crippen LogP contribution in [0.1, 0.15) is 47.5 Å². The second-order valence-corrected chi connectivity index (χ2v) is 8.13. The first-order chi connectivity index (χ1) is 18.3. The van der Waals surface area contributed by atoms with Gasteiger partial charge in [-0.1, -0.05) is 38.1 Å². The lowest BCUT2D eigenvalue weighted by Gasteiger charge is -2.05. The lowest BCUT2D eigenvalue weighted by atomic mass is 10.1. The molecular formula is C26H24N8O4. The summed E-state index contributed by atoms with van der Waals surface area (Å²) in [4.78, 5) is 20.9. The molecule has 0 unspecified atom stereocenters. The summed E-state index contributed by atoms with van der Waals surface area (Å²) in [7, 11) is 0. The van der Waals surface area contributed by atoms with Gasteiger partial charge in [-0.3, -0.25) is 29.6 Å². The molecule has 0 N–H and O–H groups in total. The first-order valence-corrected chi connectivity index (χ1v) is 11.7. The van der Waals surface area contributed by atoms with Crippen LogP contribution < -0.4 is 0 Å². The van der Waals surface area contributed by atoms with Gasteiger partial charge in [0.25, 0.3) is 0 Å². The monoisotopic (exact) mass is 512 g/mol. The summed E-state index contributed by atoms with van der Waals surface area (Å²) >= 11 is 0. The van der Waals surface area contributed by atoms with E-state index in [0.29, 0.717) is 48.4 Å². The average molecular weight is 513 g/mol. The predicted molar refractivity (Wildman–Crippen MR) is 137 cm³/mol. The molecule has 0 aliphatic carbocycles. The van der Waals surface area contributed by atoms with Crippen LogP contribution in [0.3, 0.4) is 0 Å². The Morgan fingerprint density at radius 3 is 1.76 bits per heavy atom. The molecule has 0 spiro atoms. The quantitative estimate of drug-likeness (QED) is 0.244. The van der Waals surface area contributed by atoms with E-state index in [4.69, 9.17) is 10.5 Å². The molecule has 2 heterocycles. The Morgan fingerprint density at radius 1 is 0.816 bits per heavy atom. The van der Waals surface area contributed by atoms with Gasteiger partial charge in [-0.05, 0) is 48.2 Å². The molecule has 12 nitrogen and oxygen atoms in total. The van der Waals surface area contributed by atoms with E-state index in [0.717, 1.165) is 11.1 Å². The minimum Gasteiger partial charge on any atom is -0.261 e. The maximum Gasteiger partial charge on any atom is 0.310 e. The van der Waals surface area contributed by atoms with E-state index < -0.39 is 9.85 Å². The number of nitriles is 2. The fraction of sp³-hybridized carbons (Fsp3) is 0.231. The van der Waals surface area contributed by atoms with Crippen LogP contribution >= 0.6 is 0 Å². The molecule has 2 aromatic carbocycles. The van der Waals surface area contributed by atoms with Crippen LogP contribution in [0.2, 0.25) is 0 Å². The largest absolute Gasteiger partial charge is 0.310 e. The summed E-state index contributed by atoms with van der Waals surface area (Å²) < 4.78 is 3.18. The minimum atomic E-state index is -0.416.